The zero-order valence-electron chi connectivity index (χ0n) is 13.0. The first kappa shape index (κ1) is 16.4. The van der Waals surface area contributed by atoms with Gasteiger partial charge in [-0.1, -0.05) is 31.5 Å². The fourth-order valence-electron chi connectivity index (χ4n) is 1.90. The lowest BCUT2D eigenvalue weighted by Gasteiger charge is -2.11. The van der Waals surface area contributed by atoms with E-state index in [1.807, 2.05) is 31.2 Å². The maximum atomic E-state index is 12.3. The van der Waals surface area contributed by atoms with Crippen molar-refractivity contribution in [2.45, 2.75) is 20.8 Å². The first-order valence-electron chi connectivity index (χ1n) is 7.26. The molecule has 0 bridgehead atoms. The molecule has 4 heteroatoms. The second kappa shape index (κ2) is 7.32. The molecule has 116 valence electrons. The predicted molar refractivity (Wildman–Crippen MR) is 90.9 cm³/mol. The Morgan fingerprint density at radius 3 is 2.50 bits per heavy atom. The number of hydrogen-bond acceptors (Lipinski definition) is 2. The molecule has 0 spiro atoms. The first-order valence-corrected chi connectivity index (χ1v) is 7.64. The highest BCUT2D eigenvalue weighted by Crippen LogP contribution is 2.23. The normalized spacial score (nSPS) is 10.6. The summed E-state index contributed by atoms with van der Waals surface area (Å²) in [6, 6.07) is 12.6. The summed E-state index contributed by atoms with van der Waals surface area (Å²) in [5.41, 5.74) is 2.16. The van der Waals surface area contributed by atoms with Gasteiger partial charge in [0.05, 0.1) is 6.61 Å². The maximum absolute atomic E-state index is 12.3. The summed E-state index contributed by atoms with van der Waals surface area (Å²) in [4.78, 5) is 12.3. The van der Waals surface area contributed by atoms with Crippen molar-refractivity contribution in [1.82, 2.24) is 0 Å². The predicted octanol–water partition coefficient (Wildman–Crippen LogP) is 4.94. The van der Waals surface area contributed by atoms with Crippen LogP contribution in [-0.4, -0.2) is 12.5 Å². The number of benzene rings is 2. The standard InChI is InChI=1S/C18H20ClNO2/c1-12(2)11-22-15-9-7-14(8-10-15)18(21)20-17-6-4-5-16(19)13(17)3/h4-10,12H,11H2,1-3H3,(H,20,21). The molecule has 1 amide bonds. The Labute approximate surface area is 136 Å². The van der Waals surface area contributed by atoms with E-state index in [0.29, 0.717) is 23.1 Å². The van der Waals surface area contributed by atoms with Gasteiger partial charge in [-0.2, -0.15) is 0 Å². The SMILES string of the molecule is Cc1c(Cl)cccc1NC(=O)c1ccc(OCC(C)C)cc1. The monoisotopic (exact) mass is 317 g/mol. The quantitative estimate of drug-likeness (QED) is 0.848. The number of hydrogen-bond donors (Lipinski definition) is 1. The van der Waals surface area contributed by atoms with E-state index in [-0.39, 0.29) is 5.91 Å². The molecular formula is C18H20ClNO2. The van der Waals surface area contributed by atoms with Gasteiger partial charge in [0.15, 0.2) is 0 Å². The van der Waals surface area contributed by atoms with Crippen LogP contribution >= 0.6 is 11.6 Å². The van der Waals surface area contributed by atoms with Crippen LogP contribution in [0.15, 0.2) is 42.5 Å². The second-order valence-electron chi connectivity index (χ2n) is 5.60. The van der Waals surface area contributed by atoms with E-state index in [4.69, 9.17) is 16.3 Å². The van der Waals surface area contributed by atoms with Gasteiger partial charge in [-0.05, 0) is 54.8 Å². The van der Waals surface area contributed by atoms with Crippen molar-refractivity contribution >= 4 is 23.2 Å². The van der Waals surface area contributed by atoms with Gasteiger partial charge in [-0.25, -0.2) is 0 Å². The van der Waals surface area contributed by atoms with Crippen LogP contribution < -0.4 is 10.1 Å². The van der Waals surface area contributed by atoms with Crippen molar-refractivity contribution in [3.63, 3.8) is 0 Å². The molecule has 0 saturated carbocycles. The molecule has 0 aromatic heterocycles. The van der Waals surface area contributed by atoms with E-state index in [9.17, 15) is 4.79 Å². The van der Waals surface area contributed by atoms with E-state index in [1.54, 1.807) is 18.2 Å². The number of halogens is 1. The number of rotatable bonds is 5. The lowest BCUT2D eigenvalue weighted by atomic mass is 10.1. The third-order valence-corrected chi connectivity index (χ3v) is 3.63. The van der Waals surface area contributed by atoms with Crippen molar-refractivity contribution in [2.24, 2.45) is 5.92 Å². The van der Waals surface area contributed by atoms with Crippen molar-refractivity contribution in [3.8, 4) is 5.75 Å². The summed E-state index contributed by atoms with van der Waals surface area (Å²) >= 11 is 6.06. The Morgan fingerprint density at radius 1 is 1.18 bits per heavy atom. The topological polar surface area (TPSA) is 38.3 Å². The van der Waals surface area contributed by atoms with Gasteiger partial charge < -0.3 is 10.1 Å². The second-order valence-corrected chi connectivity index (χ2v) is 6.00. The summed E-state index contributed by atoms with van der Waals surface area (Å²) in [5.74, 6) is 1.07. The highest BCUT2D eigenvalue weighted by atomic mass is 35.5. The van der Waals surface area contributed by atoms with Gasteiger partial charge in [0, 0.05) is 16.3 Å². The number of ether oxygens (including phenoxy) is 1. The molecular weight excluding hydrogens is 298 g/mol. The van der Waals surface area contributed by atoms with Crippen LogP contribution in [0.5, 0.6) is 5.75 Å². The van der Waals surface area contributed by atoms with Gasteiger partial charge in [0.2, 0.25) is 0 Å². The molecule has 0 saturated heterocycles. The third kappa shape index (κ3) is 4.25. The molecule has 0 radical (unpaired) electrons. The Morgan fingerprint density at radius 2 is 1.86 bits per heavy atom. The van der Waals surface area contributed by atoms with E-state index in [1.165, 1.54) is 0 Å². The van der Waals surface area contributed by atoms with Crippen molar-refractivity contribution in [2.75, 3.05) is 11.9 Å². The van der Waals surface area contributed by atoms with Gasteiger partial charge in [-0.3, -0.25) is 4.79 Å². The molecule has 0 unspecified atom stereocenters. The average molecular weight is 318 g/mol. The molecule has 0 aliphatic rings. The largest absolute Gasteiger partial charge is 0.493 e. The third-order valence-electron chi connectivity index (χ3n) is 3.22. The lowest BCUT2D eigenvalue weighted by Crippen LogP contribution is -2.13. The Hall–Kier alpha value is -2.00. The Balaban J connectivity index is 2.05. The van der Waals surface area contributed by atoms with E-state index < -0.39 is 0 Å². The molecule has 2 aromatic carbocycles. The van der Waals surface area contributed by atoms with Gasteiger partial charge in [0.25, 0.3) is 5.91 Å². The van der Waals surface area contributed by atoms with Crippen molar-refractivity contribution in [3.05, 3.63) is 58.6 Å². The van der Waals surface area contributed by atoms with Crippen molar-refractivity contribution in [1.29, 1.82) is 0 Å². The smallest absolute Gasteiger partial charge is 0.255 e. The lowest BCUT2D eigenvalue weighted by molar-refractivity contribution is 0.102. The van der Waals surface area contributed by atoms with E-state index >= 15 is 0 Å². The van der Waals surface area contributed by atoms with Crippen LogP contribution in [-0.2, 0) is 0 Å². The fraction of sp³-hybridized carbons (Fsp3) is 0.278. The summed E-state index contributed by atoms with van der Waals surface area (Å²) < 4.78 is 5.61. The zero-order valence-corrected chi connectivity index (χ0v) is 13.8. The molecule has 22 heavy (non-hydrogen) atoms. The maximum Gasteiger partial charge on any atom is 0.255 e. The summed E-state index contributed by atoms with van der Waals surface area (Å²) in [6.07, 6.45) is 0. The average Bonchev–Trinajstić information content (AvgIpc) is 2.50. The van der Waals surface area contributed by atoms with Crippen molar-refractivity contribution < 1.29 is 9.53 Å². The number of amides is 1. The molecule has 3 nitrogen and oxygen atoms in total. The van der Waals surface area contributed by atoms with E-state index in [0.717, 1.165) is 17.0 Å². The minimum atomic E-state index is -0.166. The number of carbonyl (C=O) groups is 1. The van der Waals surface area contributed by atoms with Crippen LogP contribution in [0.3, 0.4) is 0 Å². The molecule has 0 atom stereocenters. The zero-order chi connectivity index (χ0) is 16.1. The van der Waals surface area contributed by atoms with Crippen LogP contribution in [0.1, 0.15) is 29.8 Å². The molecule has 0 aliphatic heterocycles. The van der Waals surface area contributed by atoms with Gasteiger partial charge in [0.1, 0.15) is 5.75 Å². The van der Waals surface area contributed by atoms with Crippen LogP contribution in [0, 0.1) is 12.8 Å². The molecule has 1 N–H and O–H groups in total. The summed E-state index contributed by atoms with van der Waals surface area (Å²) in [6.45, 7) is 6.72. The molecule has 0 heterocycles. The molecule has 2 aromatic rings. The van der Waals surface area contributed by atoms with Crippen LogP contribution in [0.4, 0.5) is 5.69 Å². The minimum absolute atomic E-state index is 0.166. The number of nitrogens with one attached hydrogen (secondary N) is 1. The fourth-order valence-corrected chi connectivity index (χ4v) is 2.08. The Bertz CT molecular complexity index is 651. The first-order chi connectivity index (χ1) is 10.5. The summed E-state index contributed by atoms with van der Waals surface area (Å²) in [5, 5.41) is 3.51. The highest BCUT2D eigenvalue weighted by molar-refractivity contribution is 6.31. The van der Waals surface area contributed by atoms with E-state index in [2.05, 4.69) is 19.2 Å². The summed E-state index contributed by atoms with van der Waals surface area (Å²) in [7, 11) is 0. The van der Waals surface area contributed by atoms with Gasteiger partial charge in [-0.15, -0.1) is 0 Å². The van der Waals surface area contributed by atoms with Gasteiger partial charge >= 0.3 is 0 Å². The van der Waals surface area contributed by atoms with Crippen LogP contribution in [0.2, 0.25) is 5.02 Å². The molecule has 0 aliphatic carbocycles. The number of carbonyl (C=O) groups excluding carboxylic acids is 1. The molecule has 0 fully saturated rings. The Kier molecular flexibility index (Phi) is 5.45. The van der Waals surface area contributed by atoms with Crippen LogP contribution in [0.25, 0.3) is 0 Å². The molecule has 2 rings (SSSR count). The number of anilines is 1. The minimum Gasteiger partial charge on any atom is -0.493 e. The highest BCUT2D eigenvalue weighted by Gasteiger charge is 2.09.